The molecule has 0 radical (unpaired) electrons. The van der Waals surface area contributed by atoms with Crippen LogP contribution in [0.2, 0.25) is 0 Å². The van der Waals surface area contributed by atoms with Crippen molar-refractivity contribution in [3.63, 3.8) is 0 Å². The zero-order valence-corrected chi connectivity index (χ0v) is 16.6. The number of carbonyl (C=O) groups excluding carboxylic acids is 2. The third kappa shape index (κ3) is 4.75. The van der Waals surface area contributed by atoms with Gasteiger partial charge in [-0.2, -0.15) is 0 Å². The van der Waals surface area contributed by atoms with E-state index in [1.54, 1.807) is 27.8 Å². The number of amides is 1. The van der Waals surface area contributed by atoms with E-state index >= 15 is 0 Å². The Morgan fingerprint density at radius 3 is 2.55 bits per heavy atom. The fraction of sp³-hybridized carbons (Fsp3) is 0.435. The fourth-order valence-corrected chi connectivity index (χ4v) is 4.01. The Hall–Kier alpha value is -2.89. The summed E-state index contributed by atoms with van der Waals surface area (Å²) < 4.78 is 7.27. The minimum absolute atomic E-state index is 0.0656. The van der Waals surface area contributed by atoms with E-state index in [9.17, 15) is 9.59 Å². The van der Waals surface area contributed by atoms with Crippen LogP contribution in [0.1, 0.15) is 49.7 Å². The van der Waals surface area contributed by atoms with E-state index in [1.807, 2.05) is 30.3 Å². The first-order chi connectivity index (χ1) is 14.2. The first-order valence-electron chi connectivity index (χ1n) is 10.5. The molecule has 1 aromatic carbocycles. The van der Waals surface area contributed by atoms with Crippen molar-refractivity contribution >= 4 is 17.5 Å². The smallest absolute Gasteiger partial charge is 0.270 e. The number of ether oxygens (including phenoxy) is 1. The summed E-state index contributed by atoms with van der Waals surface area (Å²) in [6.45, 7) is 0.694. The summed E-state index contributed by atoms with van der Waals surface area (Å²) in [6.07, 6.45) is 9.11. The Labute approximate surface area is 170 Å². The van der Waals surface area contributed by atoms with Crippen LogP contribution in [0.5, 0.6) is 5.75 Å². The molecule has 2 fully saturated rings. The number of pyridine rings is 1. The topological polar surface area (TPSA) is 63.9 Å². The number of anilines is 1. The van der Waals surface area contributed by atoms with Gasteiger partial charge >= 0.3 is 0 Å². The molecule has 6 heteroatoms. The van der Waals surface area contributed by atoms with E-state index in [-0.39, 0.29) is 18.4 Å². The number of aromatic nitrogens is 1. The van der Waals surface area contributed by atoms with Crippen LogP contribution in [0.4, 0.5) is 5.69 Å². The summed E-state index contributed by atoms with van der Waals surface area (Å²) in [5, 5.41) is 0. The van der Waals surface area contributed by atoms with Gasteiger partial charge in [-0.3, -0.25) is 19.1 Å². The Bertz CT molecular complexity index is 927. The van der Waals surface area contributed by atoms with Gasteiger partial charge in [0.2, 0.25) is 5.91 Å². The lowest BCUT2D eigenvalue weighted by atomic mass is 9.96. The first kappa shape index (κ1) is 19.4. The van der Waals surface area contributed by atoms with Crippen molar-refractivity contribution in [3.8, 4) is 5.75 Å². The van der Waals surface area contributed by atoms with Crippen molar-refractivity contribution in [2.75, 3.05) is 18.1 Å². The van der Waals surface area contributed by atoms with Gasteiger partial charge in [0.05, 0.1) is 6.04 Å². The molecule has 0 bridgehead atoms. The van der Waals surface area contributed by atoms with Crippen LogP contribution in [0, 0.1) is 0 Å². The summed E-state index contributed by atoms with van der Waals surface area (Å²) in [5.74, 6) is 0.610. The van der Waals surface area contributed by atoms with Crippen LogP contribution in [0.3, 0.4) is 0 Å². The average Bonchev–Trinajstić information content (AvgIpc) is 3.19. The minimum atomic E-state index is -0.154. The summed E-state index contributed by atoms with van der Waals surface area (Å²) >= 11 is 0. The Morgan fingerprint density at radius 1 is 1.03 bits per heavy atom. The van der Waals surface area contributed by atoms with Gasteiger partial charge in [0, 0.05) is 24.8 Å². The van der Waals surface area contributed by atoms with Crippen LogP contribution < -0.4 is 15.1 Å². The standard InChI is InChI=1S/C23H27N3O3/c27-22-10-6-16-25(22)19-11-13-20(14-12-19)29-17-23(28)26-15-5-4-9-21(26)24-18-7-2-1-3-8-18/h4-5,9,11-15,18H,1-3,6-8,10,16-17H2. The molecule has 1 aliphatic carbocycles. The van der Waals surface area contributed by atoms with Gasteiger partial charge < -0.3 is 9.64 Å². The van der Waals surface area contributed by atoms with E-state index in [2.05, 4.69) is 0 Å². The normalized spacial score (nSPS) is 18.3. The Morgan fingerprint density at radius 2 is 1.83 bits per heavy atom. The molecule has 1 saturated carbocycles. The Balaban J connectivity index is 1.41. The molecule has 1 aliphatic heterocycles. The van der Waals surface area contributed by atoms with Crippen LogP contribution >= 0.6 is 0 Å². The van der Waals surface area contributed by atoms with Crippen LogP contribution in [0.25, 0.3) is 0 Å². The number of rotatable bonds is 5. The predicted octanol–water partition coefficient (Wildman–Crippen LogP) is 3.57. The second-order valence-electron chi connectivity index (χ2n) is 7.68. The summed E-state index contributed by atoms with van der Waals surface area (Å²) in [4.78, 5) is 31.2. The quantitative estimate of drug-likeness (QED) is 0.780. The zero-order chi connectivity index (χ0) is 20.1. The summed E-state index contributed by atoms with van der Waals surface area (Å²) in [7, 11) is 0. The number of carbonyl (C=O) groups is 2. The molecule has 6 nitrogen and oxygen atoms in total. The van der Waals surface area contributed by atoms with Crippen LogP contribution in [0.15, 0.2) is 53.7 Å². The van der Waals surface area contributed by atoms with Gasteiger partial charge in [-0.1, -0.05) is 25.3 Å². The van der Waals surface area contributed by atoms with Crippen molar-refractivity contribution in [2.45, 2.75) is 51.0 Å². The maximum atomic E-state index is 12.7. The van der Waals surface area contributed by atoms with E-state index < -0.39 is 0 Å². The maximum absolute atomic E-state index is 12.7. The lowest BCUT2D eigenvalue weighted by Gasteiger charge is -2.18. The Kier molecular flexibility index (Phi) is 6.08. The van der Waals surface area contributed by atoms with Gasteiger partial charge in [0.25, 0.3) is 5.91 Å². The highest BCUT2D eigenvalue weighted by atomic mass is 16.5. The first-order valence-corrected chi connectivity index (χ1v) is 10.5. The SMILES string of the molecule is O=C1CCCN1c1ccc(OCC(=O)n2ccccc2=NC2CCCCC2)cc1. The molecule has 1 saturated heterocycles. The predicted molar refractivity (Wildman–Crippen MR) is 111 cm³/mol. The molecule has 1 amide bonds. The molecule has 2 aliphatic rings. The molecule has 152 valence electrons. The molecule has 4 rings (SSSR count). The highest BCUT2D eigenvalue weighted by Crippen LogP contribution is 2.24. The molecular weight excluding hydrogens is 366 g/mol. The average molecular weight is 393 g/mol. The molecule has 0 unspecified atom stereocenters. The van der Waals surface area contributed by atoms with Crippen molar-refractivity contribution in [1.82, 2.24) is 4.57 Å². The second kappa shape index (κ2) is 9.07. The van der Waals surface area contributed by atoms with Gasteiger partial charge in [-0.05, 0) is 55.7 Å². The van der Waals surface area contributed by atoms with Crippen molar-refractivity contribution in [2.24, 2.45) is 4.99 Å². The number of hydrogen-bond donors (Lipinski definition) is 0. The third-order valence-electron chi connectivity index (χ3n) is 5.58. The highest BCUT2D eigenvalue weighted by Gasteiger charge is 2.21. The summed E-state index contributed by atoms with van der Waals surface area (Å²) in [5.41, 5.74) is 1.56. The molecular formula is C23H27N3O3. The fourth-order valence-electron chi connectivity index (χ4n) is 4.01. The largest absolute Gasteiger partial charge is 0.484 e. The van der Waals surface area contributed by atoms with Crippen LogP contribution in [-0.4, -0.2) is 35.6 Å². The van der Waals surface area contributed by atoms with E-state index in [1.165, 1.54) is 19.3 Å². The van der Waals surface area contributed by atoms with E-state index in [0.717, 1.165) is 31.5 Å². The number of hydrogen-bond acceptors (Lipinski definition) is 4. The van der Waals surface area contributed by atoms with Crippen molar-refractivity contribution < 1.29 is 14.3 Å². The summed E-state index contributed by atoms with van der Waals surface area (Å²) in [6, 6.07) is 13.3. The van der Waals surface area contributed by atoms with Crippen LogP contribution in [-0.2, 0) is 4.79 Å². The van der Waals surface area contributed by atoms with Crippen molar-refractivity contribution in [3.05, 3.63) is 54.1 Å². The van der Waals surface area contributed by atoms with Gasteiger partial charge in [0.15, 0.2) is 6.61 Å². The molecule has 0 N–H and O–H groups in total. The monoisotopic (exact) mass is 393 g/mol. The van der Waals surface area contributed by atoms with E-state index in [0.29, 0.717) is 23.7 Å². The molecule has 2 heterocycles. The van der Waals surface area contributed by atoms with Gasteiger partial charge in [-0.15, -0.1) is 0 Å². The van der Waals surface area contributed by atoms with Crippen molar-refractivity contribution in [1.29, 1.82) is 0 Å². The highest BCUT2D eigenvalue weighted by molar-refractivity contribution is 5.95. The zero-order valence-electron chi connectivity index (χ0n) is 16.6. The third-order valence-corrected chi connectivity index (χ3v) is 5.58. The molecule has 29 heavy (non-hydrogen) atoms. The minimum Gasteiger partial charge on any atom is -0.484 e. The van der Waals surface area contributed by atoms with Gasteiger partial charge in [-0.25, -0.2) is 0 Å². The maximum Gasteiger partial charge on any atom is 0.270 e. The molecule has 1 aromatic heterocycles. The number of benzene rings is 1. The number of nitrogens with zero attached hydrogens (tertiary/aromatic N) is 3. The molecule has 0 atom stereocenters. The lowest BCUT2D eigenvalue weighted by molar-refractivity contribution is -0.117. The lowest BCUT2D eigenvalue weighted by Crippen LogP contribution is -2.32. The molecule has 0 spiro atoms. The second-order valence-corrected chi connectivity index (χ2v) is 7.68. The molecule has 2 aromatic rings. The van der Waals surface area contributed by atoms with Gasteiger partial charge in [0.1, 0.15) is 11.2 Å². The van der Waals surface area contributed by atoms with E-state index in [4.69, 9.17) is 9.73 Å².